The molecule has 1 aromatic heterocycles. The summed E-state index contributed by atoms with van der Waals surface area (Å²) in [6, 6.07) is 9.61. The molecule has 2 atom stereocenters. The second-order valence-corrected chi connectivity index (χ2v) is 10.7. The highest BCUT2D eigenvalue weighted by Gasteiger charge is 2.32. The fourth-order valence-corrected chi connectivity index (χ4v) is 5.73. The van der Waals surface area contributed by atoms with E-state index in [-0.39, 0.29) is 5.91 Å². The topological polar surface area (TPSA) is 78.5 Å². The van der Waals surface area contributed by atoms with Crippen LogP contribution in [0.4, 0.5) is 5.69 Å². The number of thiophene rings is 1. The second-order valence-electron chi connectivity index (χ2n) is 7.97. The lowest BCUT2D eigenvalue weighted by molar-refractivity contribution is 0.0917. The number of hydrogen-bond donors (Lipinski definition) is 2. The number of hydrogen-bond acceptors (Lipinski definition) is 5. The number of benzene rings is 1. The van der Waals surface area contributed by atoms with Crippen LogP contribution in [-0.4, -0.2) is 44.6 Å². The molecular formula is C22H31N3O3S2. The van der Waals surface area contributed by atoms with E-state index in [0.29, 0.717) is 29.9 Å². The molecule has 0 radical (unpaired) electrons. The molecular weight excluding hydrogens is 418 g/mol. The van der Waals surface area contributed by atoms with Gasteiger partial charge in [-0.15, -0.1) is 11.3 Å². The van der Waals surface area contributed by atoms with Crippen LogP contribution in [0.1, 0.15) is 60.0 Å². The fourth-order valence-electron chi connectivity index (χ4n) is 4.08. The number of sulfonamides is 1. The summed E-state index contributed by atoms with van der Waals surface area (Å²) in [5.74, 6) is -0.146. The van der Waals surface area contributed by atoms with E-state index < -0.39 is 10.0 Å². The van der Waals surface area contributed by atoms with Crippen LogP contribution in [0.3, 0.4) is 0 Å². The molecule has 0 saturated heterocycles. The first-order valence-corrected chi connectivity index (χ1v) is 13.2. The summed E-state index contributed by atoms with van der Waals surface area (Å²) < 4.78 is 25.0. The number of amides is 1. The molecule has 2 heterocycles. The van der Waals surface area contributed by atoms with Crippen molar-refractivity contribution in [1.29, 1.82) is 0 Å². The van der Waals surface area contributed by atoms with Crippen LogP contribution in [0.15, 0.2) is 35.7 Å². The van der Waals surface area contributed by atoms with Crippen molar-refractivity contribution in [2.45, 2.75) is 51.6 Å². The normalized spacial score (nSPS) is 19.3. The molecule has 3 rings (SSSR count). The fraction of sp³-hybridized carbons (Fsp3) is 0.500. The maximum Gasteiger partial charge on any atom is 0.251 e. The summed E-state index contributed by atoms with van der Waals surface area (Å²) in [7, 11) is -3.33. The molecule has 0 spiro atoms. The number of rotatable bonds is 9. The molecule has 1 amide bonds. The van der Waals surface area contributed by atoms with Crippen molar-refractivity contribution in [2.24, 2.45) is 0 Å². The summed E-state index contributed by atoms with van der Waals surface area (Å²) in [5.41, 5.74) is 2.45. The van der Waals surface area contributed by atoms with E-state index in [1.54, 1.807) is 24.3 Å². The minimum Gasteiger partial charge on any atom is -0.351 e. The second kappa shape index (κ2) is 9.94. The van der Waals surface area contributed by atoms with Crippen molar-refractivity contribution in [2.75, 3.05) is 24.1 Å². The zero-order chi connectivity index (χ0) is 21.7. The minimum absolute atomic E-state index is 0.146. The summed E-state index contributed by atoms with van der Waals surface area (Å²) in [6.45, 7) is 5.89. The zero-order valence-electron chi connectivity index (χ0n) is 17.8. The molecule has 0 aliphatic carbocycles. The van der Waals surface area contributed by atoms with Gasteiger partial charge in [0.25, 0.3) is 5.91 Å². The van der Waals surface area contributed by atoms with E-state index in [1.165, 1.54) is 23.3 Å². The van der Waals surface area contributed by atoms with Gasteiger partial charge >= 0.3 is 0 Å². The quantitative estimate of drug-likeness (QED) is 0.606. The molecule has 6 nitrogen and oxygen atoms in total. The summed E-state index contributed by atoms with van der Waals surface area (Å²) >= 11 is 1.85. The lowest BCUT2D eigenvalue weighted by Crippen LogP contribution is -2.45. The van der Waals surface area contributed by atoms with Crippen LogP contribution < -0.4 is 10.0 Å². The van der Waals surface area contributed by atoms with Crippen molar-refractivity contribution in [3.8, 4) is 0 Å². The Balaban J connectivity index is 1.58. The number of carbonyl (C=O) groups is 1. The van der Waals surface area contributed by atoms with Crippen LogP contribution in [0.2, 0.25) is 0 Å². The Morgan fingerprint density at radius 2 is 1.97 bits per heavy atom. The molecule has 2 N–H and O–H groups in total. The van der Waals surface area contributed by atoms with Gasteiger partial charge < -0.3 is 5.32 Å². The summed E-state index contributed by atoms with van der Waals surface area (Å²) in [5, 5.41) is 5.21. The average molecular weight is 450 g/mol. The third kappa shape index (κ3) is 5.83. The van der Waals surface area contributed by atoms with Gasteiger partial charge in [-0.3, -0.25) is 14.4 Å². The first kappa shape index (κ1) is 22.8. The van der Waals surface area contributed by atoms with Crippen molar-refractivity contribution in [3.63, 3.8) is 0 Å². The van der Waals surface area contributed by atoms with Crippen molar-refractivity contribution < 1.29 is 13.2 Å². The third-order valence-electron chi connectivity index (χ3n) is 5.50. The number of carbonyl (C=O) groups excluding carboxylic acids is 1. The van der Waals surface area contributed by atoms with Crippen LogP contribution in [0.25, 0.3) is 0 Å². The summed E-state index contributed by atoms with van der Waals surface area (Å²) in [4.78, 5) is 16.5. The zero-order valence-corrected chi connectivity index (χ0v) is 19.5. The Kier molecular flexibility index (Phi) is 7.55. The molecule has 1 aromatic carbocycles. The van der Waals surface area contributed by atoms with Crippen molar-refractivity contribution >= 4 is 33.0 Å². The highest BCUT2D eigenvalue weighted by Crippen LogP contribution is 2.39. The molecule has 0 fully saturated rings. The van der Waals surface area contributed by atoms with Crippen LogP contribution in [0, 0.1) is 0 Å². The van der Waals surface area contributed by atoms with Gasteiger partial charge in [-0.2, -0.15) is 0 Å². The van der Waals surface area contributed by atoms with Crippen molar-refractivity contribution in [3.05, 3.63) is 51.7 Å². The monoisotopic (exact) mass is 449 g/mol. The van der Waals surface area contributed by atoms with Gasteiger partial charge in [0.2, 0.25) is 10.0 Å². The van der Waals surface area contributed by atoms with Gasteiger partial charge in [0.15, 0.2) is 0 Å². The lowest BCUT2D eigenvalue weighted by Gasteiger charge is -2.40. The Morgan fingerprint density at radius 3 is 2.63 bits per heavy atom. The van der Waals surface area contributed by atoms with Gasteiger partial charge in [0.1, 0.15) is 0 Å². The molecule has 0 unspecified atom stereocenters. The number of fused-ring (bicyclic) bond motifs is 1. The third-order valence-corrected chi connectivity index (χ3v) is 7.17. The molecule has 1 aliphatic heterocycles. The van der Waals surface area contributed by atoms with Gasteiger partial charge in [-0.25, -0.2) is 8.42 Å². The molecule has 8 heteroatoms. The van der Waals surface area contributed by atoms with Crippen LogP contribution in [-0.2, 0) is 16.4 Å². The van der Waals surface area contributed by atoms with E-state index in [0.717, 1.165) is 25.6 Å². The number of nitrogens with one attached hydrogen (secondary N) is 2. The van der Waals surface area contributed by atoms with Gasteiger partial charge in [-0.1, -0.05) is 19.8 Å². The lowest BCUT2D eigenvalue weighted by atomic mass is 9.93. The Bertz CT molecular complexity index is 954. The molecule has 1 aliphatic rings. The highest BCUT2D eigenvalue weighted by molar-refractivity contribution is 7.92. The highest BCUT2D eigenvalue weighted by atomic mass is 32.2. The van der Waals surface area contributed by atoms with Gasteiger partial charge in [-0.05, 0) is 61.0 Å². The average Bonchev–Trinajstić information content (AvgIpc) is 3.14. The molecule has 2 aromatic rings. The molecule has 0 saturated carbocycles. The van der Waals surface area contributed by atoms with E-state index in [9.17, 15) is 13.2 Å². The first-order chi connectivity index (χ1) is 14.3. The predicted octanol–water partition coefficient (Wildman–Crippen LogP) is 4.03. The maximum absolute atomic E-state index is 12.5. The molecule has 0 bridgehead atoms. The SMILES string of the molecule is CCCC[C@H]1c2sccc2C[C@@H](C)N1CCNC(=O)c1ccc(NS(C)(=O)=O)cc1. The van der Waals surface area contributed by atoms with Gasteiger partial charge in [0, 0.05) is 41.3 Å². The largest absolute Gasteiger partial charge is 0.351 e. The standard InChI is InChI=1S/C22H31N3O3S2/c1-4-5-6-20-21-18(11-14-29-21)15-16(2)25(20)13-12-23-22(26)17-7-9-19(10-8-17)24-30(3,27)28/h7-11,14,16,20,24H,4-6,12-13,15H2,1-3H3,(H,23,26)/t16-,20+/m1/s1. The first-order valence-electron chi connectivity index (χ1n) is 10.5. The van der Waals surface area contributed by atoms with E-state index in [1.807, 2.05) is 11.3 Å². The Hall–Kier alpha value is -1.90. The number of unbranched alkanes of at least 4 members (excludes halogenated alkanes) is 1. The Labute approximate surface area is 183 Å². The van der Waals surface area contributed by atoms with E-state index >= 15 is 0 Å². The number of nitrogens with zero attached hydrogens (tertiary/aromatic N) is 1. The van der Waals surface area contributed by atoms with Crippen LogP contribution >= 0.6 is 11.3 Å². The van der Waals surface area contributed by atoms with Crippen LogP contribution in [0.5, 0.6) is 0 Å². The van der Waals surface area contributed by atoms with Gasteiger partial charge in [0.05, 0.1) is 6.26 Å². The summed E-state index contributed by atoms with van der Waals surface area (Å²) in [6.07, 6.45) is 5.69. The molecule has 30 heavy (non-hydrogen) atoms. The smallest absolute Gasteiger partial charge is 0.251 e. The predicted molar refractivity (Wildman–Crippen MR) is 124 cm³/mol. The maximum atomic E-state index is 12.5. The van der Waals surface area contributed by atoms with E-state index in [2.05, 4.69) is 40.2 Å². The Morgan fingerprint density at radius 1 is 1.23 bits per heavy atom. The van der Waals surface area contributed by atoms with E-state index in [4.69, 9.17) is 0 Å². The van der Waals surface area contributed by atoms with Crippen molar-refractivity contribution in [1.82, 2.24) is 10.2 Å². The number of anilines is 1. The minimum atomic E-state index is -3.33. The molecule has 164 valence electrons.